The maximum Gasteiger partial charge on any atom is 0.191 e. The minimum atomic E-state index is -0.0386. The molecule has 2 heterocycles. The molecule has 0 radical (unpaired) electrons. The van der Waals surface area contributed by atoms with Gasteiger partial charge in [-0.05, 0) is 67.8 Å². The molecule has 1 unspecified atom stereocenters. The number of halogens is 4. The molecule has 260 valence electrons. The van der Waals surface area contributed by atoms with Crippen molar-refractivity contribution < 1.29 is 4.74 Å². The van der Waals surface area contributed by atoms with Crippen molar-refractivity contribution in [3.05, 3.63) is 70.9 Å². The topological polar surface area (TPSA) is 111 Å². The zero-order chi connectivity index (χ0) is 29.8. The van der Waals surface area contributed by atoms with Gasteiger partial charge in [-0.2, -0.15) is 0 Å². The Morgan fingerprint density at radius 3 is 2.21 bits per heavy atom. The number of para-hydroxylation sites is 2. The summed E-state index contributed by atoms with van der Waals surface area (Å²) in [6, 6.07) is 19.7. The van der Waals surface area contributed by atoms with Crippen molar-refractivity contribution in [2.24, 2.45) is 22.8 Å². The van der Waals surface area contributed by atoms with Crippen LogP contribution in [-0.4, -0.2) is 42.4 Å². The van der Waals surface area contributed by atoms with Gasteiger partial charge in [-0.15, -0.1) is 49.6 Å². The SMILES string of the molecule is COc1cc(N(C(CN)C2CCCCC2)n2c(NCC3(CN)CCCCC3)cc(=O)c3ccccc32)nc2ccccc12.Cl.Cl.Cl.Cl. The van der Waals surface area contributed by atoms with Gasteiger partial charge in [-0.3, -0.25) is 9.80 Å². The highest BCUT2D eigenvalue weighted by molar-refractivity contribution is 5.88. The molecule has 0 amide bonds. The molecule has 2 saturated carbocycles. The molecule has 8 nitrogen and oxygen atoms in total. The number of aromatic nitrogens is 2. The molecule has 6 rings (SSSR count). The first-order valence-corrected chi connectivity index (χ1v) is 16.1. The Morgan fingerprint density at radius 1 is 0.915 bits per heavy atom. The smallest absolute Gasteiger partial charge is 0.191 e. The maximum absolute atomic E-state index is 13.6. The van der Waals surface area contributed by atoms with Crippen LogP contribution >= 0.6 is 49.6 Å². The zero-order valence-corrected chi connectivity index (χ0v) is 30.3. The third kappa shape index (κ3) is 8.41. The second kappa shape index (κ2) is 18.3. The Morgan fingerprint density at radius 2 is 1.55 bits per heavy atom. The molecule has 2 fully saturated rings. The van der Waals surface area contributed by atoms with Crippen LogP contribution in [0.3, 0.4) is 0 Å². The summed E-state index contributed by atoms with van der Waals surface area (Å²) in [6.45, 7) is 1.78. The van der Waals surface area contributed by atoms with Gasteiger partial charge in [0.2, 0.25) is 0 Å². The summed E-state index contributed by atoms with van der Waals surface area (Å²) in [5.41, 5.74) is 14.8. The standard InChI is InChI=1S/C35H46N6O2.4ClH/c1-43-32-21-34(39-28-16-8-6-14-26(28)32)41(30(22-36)25-12-4-2-5-13-25)40-29-17-9-7-15-27(29)31(42)20-33(40)38-24-35(23-37)18-10-3-11-19-35;;;;/h6-9,14-17,20-21,25,30,38H,2-5,10-13,18-19,22-24,36-37H2,1H3;4*1H. The molecule has 5 N–H and O–H groups in total. The highest BCUT2D eigenvalue weighted by atomic mass is 35.5. The number of hydrogen-bond acceptors (Lipinski definition) is 7. The first-order valence-electron chi connectivity index (χ1n) is 16.1. The number of ether oxygens (including phenoxy) is 1. The van der Waals surface area contributed by atoms with Crippen molar-refractivity contribution in [1.82, 2.24) is 9.66 Å². The van der Waals surface area contributed by atoms with E-state index in [1.54, 1.807) is 13.2 Å². The number of nitrogens with two attached hydrogens (primary N) is 2. The average Bonchev–Trinajstić information content (AvgIpc) is 3.07. The fourth-order valence-corrected chi connectivity index (χ4v) is 7.50. The lowest BCUT2D eigenvalue weighted by Crippen LogP contribution is -2.50. The molecule has 2 aromatic carbocycles. The second-order valence-electron chi connectivity index (χ2n) is 12.6. The van der Waals surface area contributed by atoms with Crippen LogP contribution in [0, 0.1) is 11.3 Å². The van der Waals surface area contributed by atoms with Gasteiger partial charge in [0.15, 0.2) is 11.2 Å². The van der Waals surface area contributed by atoms with E-state index in [1.165, 1.54) is 38.5 Å². The third-order valence-corrected chi connectivity index (χ3v) is 9.97. The predicted molar refractivity (Wildman–Crippen MR) is 206 cm³/mol. The highest BCUT2D eigenvalue weighted by Crippen LogP contribution is 2.38. The number of benzene rings is 2. The van der Waals surface area contributed by atoms with Gasteiger partial charge in [0.05, 0.1) is 24.2 Å². The molecule has 1 atom stereocenters. The summed E-state index contributed by atoms with van der Waals surface area (Å²) in [5.74, 6) is 2.64. The van der Waals surface area contributed by atoms with Gasteiger partial charge in [0.1, 0.15) is 11.6 Å². The van der Waals surface area contributed by atoms with Crippen molar-refractivity contribution >= 4 is 83.1 Å². The van der Waals surface area contributed by atoms with Crippen LogP contribution in [0.4, 0.5) is 11.6 Å². The lowest BCUT2D eigenvalue weighted by atomic mass is 9.74. The third-order valence-electron chi connectivity index (χ3n) is 9.97. The van der Waals surface area contributed by atoms with Crippen molar-refractivity contribution in [3.63, 3.8) is 0 Å². The second-order valence-corrected chi connectivity index (χ2v) is 12.6. The molecule has 0 bridgehead atoms. The summed E-state index contributed by atoms with van der Waals surface area (Å²) in [4.78, 5) is 18.8. The number of pyridine rings is 2. The number of rotatable bonds is 10. The summed E-state index contributed by atoms with van der Waals surface area (Å²) in [6.07, 6.45) is 11.7. The van der Waals surface area contributed by atoms with E-state index in [9.17, 15) is 4.79 Å². The minimum Gasteiger partial charge on any atom is -0.496 e. The zero-order valence-electron chi connectivity index (χ0n) is 27.1. The van der Waals surface area contributed by atoms with Crippen LogP contribution in [-0.2, 0) is 0 Å². The number of nitrogens with zero attached hydrogens (tertiary/aromatic N) is 3. The van der Waals surface area contributed by atoms with Crippen molar-refractivity contribution in [2.45, 2.75) is 70.3 Å². The van der Waals surface area contributed by atoms with Gasteiger partial charge in [0, 0.05) is 36.0 Å². The van der Waals surface area contributed by atoms with Crippen molar-refractivity contribution in [2.75, 3.05) is 37.1 Å². The molecule has 0 spiro atoms. The van der Waals surface area contributed by atoms with E-state index in [4.69, 9.17) is 21.2 Å². The normalized spacial score (nSPS) is 16.5. The molecule has 12 heteroatoms. The fourth-order valence-electron chi connectivity index (χ4n) is 7.50. The molecular formula is C35H50Cl4N6O2. The molecule has 47 heavy (non-hydrogen) atoms. The van der Waals surface area contributed by atoms with Crippen LogP contribution < -0.4 is 32.0 Å². The van der Waals surface area contributed by atoms with Crippen LogP contribution in [0.2, 0.25) is 0 Å². The average molecular weight is 729 g/mol. The van der Waals surface area contributed by atoms with E-state index in [1.807, 2.05) is 54.6 Å². The molecule has 0 saturated heterocycles. The molecule has 2 aromatic heterocycles. The van der Waals surface area contributed by atoms with Crippen molar-refractivity contribution in [1.29, 1.82) is 0 Å². The number of methoxy groups -OCH3 is 1. The van der Waals surface area contributed by atoms with Gasteiger partial charge in [-0.25, -0.2) is 9.66 Å². The Balaban J connectivity index is 0.00000192. The number of anilines is 2. The Labute approximate surface area is 303 Å². The fraction of sp³-hybridized carbons (Fsp3) is 0.486. The minimum absolute atomic E-state index is 0. The van der Waals surface area contributed by atoms with Crippen LogP contribution in [0.25, 0.3) is 21.8 Å². The van der Waals surface area contributed by atoms with E-state index in [0.29, 0.717) is 30.9 Å². The largest absolute Gasteiger partial charge is 0.496 e. The Hall–Kier alpha value is -2.46. The van der Waals surface area contributed by atoms with Gasteiger partial charge < -0.3 is 21.5 Å². The van der Waals surface area contributed by atoms with Crippen LogP contribution in [0.1, 0.15) is 64.2 Å². The van der Waals surface area contributed by atoms with Gasteiger partial charge >= 0.3 is 0 Å². The predicted octanol–water partition coefficient (Wildman–Crippen LogP) is 7.74. The molecule has 4 aromatic rings. The van der Waals surface area contributed by atoms with E-state index in [-0.39, 0.29) is 66.5 Å². The summed E-state index contributed by atoms with van der Waals surface area (Å²) in [5, 5.41) is 7.62. The molecular weight excluding hydrogens is 678 g/mol. The summed E-state index contributed by atoms with van der Waals surface area (Å²) in [7, 11) is 1.70. The van der Waals surface area contributed by atoms with E-state index in [0.717, 1.165) is 59.5 Å². The Kier molecular flexibility index (Phi) is 15.9. The quantitative estimate of drug-likeness (QED) is 0.153. The van der Waals surface area contributed by atoms with E-state index >= 15 is 0 Å². The molecule has 0 aliphatic heterocycles. The number of nitrogens with one attached hydrogen (secondary N) is 1. The molecule has 2 aliphatic carbocycles. The van der Waals surface area contributed by atoms with Crippen LogP contribution in [0.15, 0.2) is 65.5 Å². The van der Waals surface area contributed by atoms with Gasteiger partial charge in [-0.1, -0.05) is 62.8 Å². The van der Waals surface area contributed by atoms with Crippen molar-refractivity contribution in [3.8, 4) is 5.75 Å². The van der Waals surface area contributed by atoms with Gasteiger partial charge in [0.25, 0.3) is 0 Å². The molecule has 2 aliphatic rings. The summed E-state index contributed by atoms with van der Waals surface area (Å²) >= 11 is 0. The first-order chi connectivity index (χ1) is 21.1. The monoisotopic (exact) mass is 726 g/mol. The van der Waals surface area contributed by atoms with Crippen LogP contribution in [0.5, 0.6) is 5.75 Å². The first kappa shape index (κ1) is 40.7. The van der Waals surface area contributed by atoms with E-state index in [2.05, 4.69) is 15.0 Å². The lowest BCUT2D eigenvalue weighted by molar-refractivity contribution is 0.215. The number of hydrogen-bond donors (Lipinski definition) is 3. The maximum atomic E-state index is 13.6. The lowest BCUT2D eigenvalue weighted by Gasteiger charge is -2.42. The van der Waals surface area contributed by atoms with E-state index < -0.39 is 0 Å². The number of fused-ring (bicyclic) bond motifs is 2. The Bertz CT molecular complexity index is 1630. The highest BCUT2D eigenvalue weighted by Gasteiger charge is 2.34. The summed E-state index contributed by atoms with van der Waals surface area (Å²) < 4.78 is 8.09.